The Morgan fingerprint density at radius 1 is 0.963 bits per heavy atom. The Labute approximate surface area is 159 Å². The molecule has 2 aromatic carbocycles. The molecule has 1 heterocycles. The van der Waals surface area contributed by atoms with Crippen molar-refractivity contribution in [3.8, 4) is 17.2 Å². The first-order chi connectivity index (χ1) is 13.0. The summed E-state index contributed by atoms with van der Waals surface area (Å²) in [6, 6.07) is 12.6. The lowest BCUT2D eigenvalue weighted by molar-refractivity contribution is 0.0582. The SMILES string of the molecule is COc1ccc(C(C)N2CCN(C(=O)c3ccc(O)cc3)CC2)cc1OC. The molecule has 0 aromatic heterocycles. The highest BCUT2D eigenvalue weighted by Gasteiger charge is 2.26. The fourth-order valence-electron chi connectivity index (χ4n) is 3.42. The molecule has 1 unspecified atom stereocenters. The third kappa shape index (κ3) is 4.17. The number of benzene rings is 2. The van der Waals surface area contributed by atoms with Crippen LogP contribution < -0.4 is 9.47 Å². The average Bonchev–Trinajstić information content (AvgIpc) is 2.72. The molecule has 6 nitrogen and oxygen atoms in total. The van der Waals surface area contributed by atoms with Gasteiger partial charge < -0.3 is 19.5 Å². The maximum Gasteiger partial charge on any atom is 0.253 e. The number of nitrogens with zero attached hydrogens (tertiary/aromatic N) is 2. The molecule has 27 heavy (non-hydrogen) atoms. The second-order valence-electron chi connectivity index (χ2n) is 6.67. The standard InChI is InChI=1S/C21H26N2O4/c1-15(17-6-9-19(26-2)20(14-17)27-3)22-10-12-23(13-11-22)21(25)16-4-7-18(24)8-5-16/h4-9,14-15,24H,10-13H2,1-3H3. The molecule has 2 aromatic rings. The van der Waals surface area contributed by atoms with Crippen LogP contribution in [0.3, 0.4) is 0 Å². The maximum atomic E-state index is 12.6. The van der Waals surface area contributed by atoms with Gasteiger partial charge in [0, 0.05) is 37.8 Å². The van der Waals surface area contributed by atoms with Gasteiger partial charge in [0.05, 0.1) is 14.2 Å². The van der Waals surface area contributed by atoms with Gasteiger partial charge in [-0.3, -0.25) is 9.69 Å². The van der Waals surface area contributed by atoms with Crippen LogP contribution in [0.1, 0.15) is 28.9 Å². The number of piperazine rings is 1. The lowest BCUT2D eigenvalue weighted by atomic mass is 10.0. The van der Waals surface area contributed by atoms with Crippen molar-refractivity contribution >= 4 is 5.91 Å². The van der Waals surface area contributed by atoms with Crippen LogP contribution in [0.5, 0.6) is 17.2 Å². The van der Waals surface area contributed by atoms with Gasteiger partial charge in [-0.15, -0.1) is 0 Å². The Hall–Kier alpha value is -2.73. The summed E-state index contributed by atoms with van der Waals surface area (Å²) in [6.07, 6.45) is 0. The zero-order valence-corrected chi connectivity index (χ0v) is 16.0. The van der Waals surface area contributed by atoms with Gasteiger partial charge in [0.2, 0.25) is 0 Å². The van der Waals surface area contributed by atoms with Crippen molar-refractivity contribution in [3.05, 3.63) is 53.6 Å². The number of hydrogen-bond donors (Lipinski definition) is 1. The Morgan fingerprint density at radius 2 is 1.59 bits per heavy atom. The molecule has 1 N–H and O–H groups in total. The van der Waals surface area contributed by atoms with Crippen LogP contribution in [0, 0.1) is 0 Å². The molecule has 144 valence electrons. The van der Waals surface area contributed by atoms with E-state index in [0.717, 1.165) is 30.2 Å². The normalized spacial score (nSPS) is 16.0. The number of carbonyl (C=O) groups is 1. The van der Waals surface area contributed by atoms with Gasteiger partial charge in [-0.1, -0.05) is 6.07 Å². The molecule has 1 aliphatic rings. The van der Waals surface area contributed by atoms with Crippen molar-refractivity contribution in [1.82, 2.24) is 9.80 Å². The Bertz CT molecular complexity index is 783. The number of amides is 1. The summed E-state index contributed by atoms with van der Waals surface area (Å²) in [4.78, 5) is 16.8. The van der Waals surface area contributed by atoms with E-state index in [1.54, 1.807) is 38.5 Å². The molecular weight excluding hydrogens is 344 g/mol. The van der Waals surface area contributed by atoms with Crippen LogP contribution in [0.15, 0.2) is 42.5 Å². The van der Waals surface area contributed by atoms with Crippen LogP contribution in [0.25, 0.3) is 0 Å². The van der Waals surface area contributed by atoms with E-state index in [4.69, 9.17) is 9.47 Å². The Kier molecular flexibility index (Phi) is 5.86. The second-order valence-corrected chi connectivity index (χ2v) is 6.67. The van der Waals surface area contributed by atoms with Gasteiger partial charge in [-0.2, -0.15) is 0 Å². The van der Waals surface area contributed by atoms with E-state index >= 15 is 0 Å². The number of hydrogen-bond acceptors (Lipinski definition) is 5. The number of phenols is 1. The van der Waals surface area contributed by atoms with Crippen molar-refractivity contribution in [2.75, 3.05) is 40.4 Å². The number of phenolic OH excluding ortho intramolecular Hbond substituents is 1. The summed E-state index contributed by atoms with van der Waals surface area (Å²) in [5, 5.41) is 9.37. The van der Waals surface area contributed by atoms with E-state index in [1.807, 2.05) is 17.0 Å². The third-order valence-electron chi connectivity index (χ3n) is 5.15. The fourth-order valence-corrected chi connectivity index (χ4v) is 3.42. The van der Waals surface area contributed by atoms with Crippen molar-refractivity contribution < 1.29 is 19.4 Å². The van der Waals surface area contributed by atoms with Crippen molar-refractivity contribution in [2.24, 2.45) is 0 Å². The smallest absolute Gasteiger partial charge is 0.253 e. The average molecular weight is 370 g/mol. The van der Waals surface area contributed by atoms with Crippen LogP contribution in [-0.2, 0) is 0 Å². The maximum absolute atomic E-state index is 12.6. The molecule has 1 saturated heterocycles. The molecule has 0 saturated carbocycles. The number of carbonyl (C=O) groups excluding carboxylic acids is 1. The minimum absolute atomic E-state index is 0.00780. The minimum Gasteiger partial charge on any atom is -0.508 e. The minimum atomic E-state index is 0.00780. The molecule has 0 bridgehead atoms. The van der Waals surface area contributed by atoms with Gasteiger partial charge in [0.1, 0.15) is 5.75 Å². The first-order valence-electron chi connectivity index (χ1n) is 9.07. The summed E-state index contributed by atoms with van der Waals surface area (Å²) in [6.45, 7) is 5.13. The topological polar surface area (TPSA) is 62.2 Å². The predicted octanol–water partition coefficient (Wildman–Crippen LogP) is 2.93. The highest BCUT2D eigenvalue weighted by molar-refractivity contribution is 5.94. The van der Waals surface area contributed by atoms with Crippen LogP contribution >= 0.6 is 0 Å². The van der Waals surface area contributed by atoms with Gasteiger partial charge in [-0.25, -0.2) is 0 Å². The molecule has 1 fully saturated rings. The van der Waals surface area contributed by atoms with Crippen molar-refractivity contribution in [2.45, 2.75) is 13.0 Å². The van der Waals surface area contributed by atoms with Gasteiger partial charge in [-0.05, 0) is 48.9 Å². The van der Waals surface area contributed by atoms with E-state index in [9.17, 15) is 9.90 Å². The Morgan fingerprint density at radius 3 is 2.19 bits per heavy atom. The molecule has 1 amide bonds. The predicted molar refractivity (Wildman–Crippen MR) is 104 cm³/mol. The summed E-state index contributed by atoms with van der Waals surface area (Å²) in [7, 11) is 3.27. The summed E-state index contributed by atoms with van der Waals surface area (Å²) >= 11 is 0. The first-order valence-corrected chi connectivity index (χ1v) is 9.07. The second kappa shape index (κ2) is 8.31. The summed E-state index contributed by atoms with van der Waals surface area (Å²) in [5.41, 5.74) is 1.76. The van der Waals surface area contributed by atoms with E-state index in [0.29, 0.717) is 18.7 Å². The monoisotopic (exact) mass is 370 g/mol. The molecule has 1 atom stereocenters. The quantitative estimate of drug-likeness (QED) is 0.877. The molecule has 0 spiro atoms. The zero-order chi connectivity index (χ0) is 19.4. The molecule has 0 aliphatic carbocycles. The number of methoxy groups -OCH3 is 2. The van der Waals surface area contributed by atoms with Crippen LogP contribution in [-0.4, -0.2) is 61.2 Å². The third-order valence-corrected chi connectivity index (χ3v) is 5.15. The van der Waals surface area contributed by atoms with Gasteiger partial charge in [0.25, 0.3) is 5.91 Å². The highest BCUT2D eigenvalue weighted by atomic mass is 16.5. The number of ether oxygens (including phenoxy) is 2. The molecule has 6 heteroatoms. The molecule has 3 rings (SSSR count). The zero-order valence-electron chi connectivity index (χ0n) is 16.0. The summed E-state index contributed by atoms with van der Waals surface area (Å²) < 4.78 is 10.7. The van der Waals surface area contributed by atoms with E-state index in [-0.39, 0.29) is 17.7 Å². The Balaban J connectivity index is 1.63. The molecule has 1 aliphatic heterocycles. The van der Waals surface area contributed by atoms with E-state index in [2.05, 4.69) is 17.9 Å². The van der Waals surface area contributed by atoms with Crippen LogP contribution in [0.2, 0.25) is 0 Å². The van der Waals surface area contributed by atoms with Gasteiger partial charge in [0.15, 0.2) is 11.5 Å². The number of aromatic hydroxyl groups is 1. The number of rotatable bonds is 5. The lowest BCUT2D eigenvalue weighted by Gasteiger charge is -2.38. The lowest BCUT2D eigenvalue weighted by Crippen LogP contribution is -2.49. The summed E-state index contributed by atoms with van der Waals surface area (Å²) in [5.74, 6) is 1.62. The molecular formula is C21H26N2O4. The van der Waals surface area contributed by atoms with Crippen LogP contribution in [0.4, 0.5) is 0 Å². The van der Waals surface area contributed by atoms with Crippen molar-refractivity contribution in [3.63, 3.8) is 0 Å². The van der Waals surface area contributed by atoms with Gasteiger partial charge >= 0.3 is 0 Å². The van der Waals surface area contributed by atoms with E-state index < -0.39 is 0 Å². The highest BCUT2D eigenvalue weighted by Crippen LogP contribution is 2.32. The molecule has 0 radical (unpaired) electrons. The van der Waals surface area contributed by atoms with E-state index in [1.165, 1.54) is 0 Å². The first kappa shape index (κ1) is 19.0. The fraction of sp³-hybridized carbons (Fsp3) is 0.381. The largest absolute Gasteiger partial charge is 0.508 e. The van der Waals surface area contributed by atoms with Crippen molar-refractivity contribution in [1.29, 1.82) is 0 Å².